The third-order valence-corrected chi connectivity index (χ3v) is 4.83. The summed E-state index contributed by atoms with van der Waals surface area (Å²) in [6.07, 6.45) is 7.21. The summed E-state index contributed by atoms with van der Waals surface area (Å²) in [5, 5.41) is 0. The number of amides is 1. The minimum absolute atomic E-state index is 0.00994. The minimum atomic E-state index is 0.00994. The van der Waals surface area contributed by atoms with Gasteiger partial charge in [0.15, 0.2) is 5.76 Å². The van der Waals surface area contributed by atoms with E-state index in [1.807, 2.05) is 4.90 Å². The van der Waals surface area contributed by atoms with Gasteiger partial charge in [0.05, 0.1) is 12.8 Å². The van der Waals surface area contributed by atoms with Crippen LogP contribution in [0.25, 0.3) is 0 Å². The zero-order valence-electron chi connectivity index (χ0n) is 13.0. The van der Waals surface area contributed by atoms with Crippen LogP contribution in [-0.2, 0) is 4.79 Å². The lowest BCUT2D eigenvalue weighted by molar-refractivity contribution is -0.133. The topological polar surface area (TPSA) is 53.8 Å². The monoisotopic (exact) mass is 304 g/mol. The Morgan fingerprint density at radius 1 is 1.14 bits per heavy atom. The number of hydrogen-bond donors (Lipinski definition) is 0. The molecule has 2 heterocycles. The summed E-state index contributed by atoms with van der Waals surface area (Å²) in [6, 6.07) is 3.43. The van der Waals surface area contributed by atoms with Gasteiger partial charge >= 0.3 is 0 Å². The summed E-state index contributed by atoms with van der Waals surface area (Å²) in [7, 11) is 0. The van der Waals surface area contributed by atoms with Gasteiger partial charge in [0.25, 0.3) is 0 Å². The molecule has 0 N–H and O–H groups in total. The van der Waals surface area contributed by atoms with Crippen LogP contribution < -0.4 is 0 Å². The zero-order chi connectivity index (χ0) is 15.4. The molecule has 5 nitrogen and oxygen atoms in total. The Balaban J connectivity index is 1.42. The fraction of sp³-hybridized carbons (Fsp3) is 0.647. The smallest absolute Gasteiger partial charge is 0.222 e. The Labute approximate surface area is 131 Å². The lowest BCUT2D eigenvalue weighted by Crippen LogP contribution is -2.50. The van der Waals surface area contributed by atoms with Crippen molar-refractivity contribution in [1.82, 2.24) is 9.80 Å². The third kappa shape index (κ3) is 3.77. The third-order valence-electron chi connectivity index (χ3n) is 4.83. The van der Waals surface area contributed by atoms with Gasteiger partial charge in [0.1, 0.15) is 0 Å². The maximum absolute atomic E-state index is 12.3. The van der Waals surface area contributed by atoms with E-state index >= 15 is 0 Å². The number of ketones is 1. The number of piperazine rings is 1. The Hall–Kier alpha value is -1.62. The van der Waals surface area contributed by atoms with Crippen LogP contribution >= 0.6 is 0 Å². The van der Waals surface area contributed by atoms with Crippen molar-refractivity contribution in [3.8, 4) is 0 Å². The molecule has 0 spiro atoms. The van der Waals surface area contributed by atoms with Gasteiger partial charge in [-0.05, 0) is 30.9 Å². The molecular weight excluding hydrogens is 280 g/mol. The quantitative estimate of drug-likeness (QED) is 0.783. The number of Topliss-reactive ketones (excluding diaryl/α,β-unsaturated/α-hetero) is 1. The average molecular weight is 304 g/mol. The van der Waals surface area contributed by atoms with Crippen LogP contribution in [0.1, 0.15) is 42.7 Å². The van der Waals surface area contributed by atoms with Gasteiger partial charge in [-0.25, -0.2) is 0 Å². The molecule has 22 heavy (non-hydrogen) atoms. The Bertz CT molecular complexity index is 498. The largest absolute Gasteiger partial charge is 0.461 e. The van der Waals surface area contributed by atoms with E-state index in [-0.39, 0.29) is 5.78 Å². The molecule has 5 heteroatoms. The SMILES string of the molecule is O=C(CN1CCN(C(=O)CC2CCCC2)CC1)c1ccco1. The first kappa shape index (κ1) is 15.3. The lowest BCUT2D eigenvalue weighted by atomic mass is 10.0. The minimum Gasteiger partial charge on any atom is -0.461 e. The Kier molecular flexibility index (Phi) is 4.93. The summed E-state index contributed by atoms with van der Waals surface area (Å²) in [5.74, 6) is 1.32. The van der Waals surface area contributed by atoms with Gasteiger partial charge in [-0.15, -0.1) is 0 Å². The van der Waals surface area contributed by atoms with E-state index in [1.165, 1.54) is 31.9 Å². The predicted molar refractivity (Wildman–Crippen MR) is 82.6 cm³/mol. The number of hydrogen-bond acceptors (Lipinski definition) is 4. The van der Waals surface area contributed by atoms with Crippen molar-refractivity contribution < 1.29 is 14.0 Å². The molecule has 1 saturated heterocycles. The maximum atomic E-state index is 12.3. The highest BCUT2D eigenvalue weighted by Crippen LogP contribution is 2.28. The second kappa shape index (κ2) is 7.09. The fourth-order valence-corrected chi connectivity index (χ4v) is 3.46. The van der Waals surface area contributed by atoms with Crippen molar-refractivity contribution in [1.29, 1.82) is 0 Å². The predicted octanol–water partition coefficient (Wildman–Crippen LogP) is 2.19. The van der Waals surface area contributed by atoms with E-state index in [4.69, 9.17) is 4.42 Å². The molecule has 1 saturated carbocycles. The first-order valence-corrected chi connectivity index (χ1v) is 8.29. The van der Waals surface area contributed by atoms with E-state index in [0.29, 0.717) is 30.6 Å². The normalized spacial score (nSPS) is 20.5. The molecule has 0 bridgehead atoms. The molecule has 2 fully saturated rings. The summed E-state index contributed by atoms with van der Waals surface area (Å²) in [5.41, 5.74) is 0. The molecular formula is C17H24N2O3. The molecule has 1 aliphatic heterocycles. The van der Waals surface area contributed by atoms with E-state index < -0.39 is 0 Å². The first-order chi connectivity index (χ1) is 10.7. The zero-order valence-corrected chi connectivity index (χ0v) is 13.0. The van der Waals surface area contributed by atoms with E-state index in [2.05, 4.69) is 4.90 Å². The molecule has 1 aliphatic carbocycles. The fourth-order valence-electron chi connectivity index (χ4n) is 3.46. The van der Waals surface area contributed by atoms with Gasteiger partial charge in [-0.3, -0.25) is 14.5 Å². The van der Waals surface area contributed by atoms with Crippen molar-refractivity contribution in [2.45, 2.75) is 32.1 Å². The second-order valence-corrected chi connectivity index (χ2v) is 6.41. The van der Waals surface area contributed by atoms with Crippen LogP contribution in [0, 0.1) is 5.92 Å². The van der Waals surface area contributed by atoms with Crippen molar-refractivity contribution in [2.24, 2.45) is 5.92 Å². The Morgan fingerprint density at radius 2 is 1.86 bits per heavy atom. The Morgan fingerprint density at radius 3 is 2.50 bits per heavy atom. The van der Waals surface area contributed by atoms with E-state index in [9.17, 15) is 9.59 Å². The molecule has 120 valence electrons. The maximum Gasteiger partial charge on any atom is 0.222 e. The van der Waals surface area contributed by atoms with Gasteiger partial charge in [0, 0.05) is 32.6 Å². The van der Waals surface area contributed by atoms with Crippen LogP contribution in [0.3, 0.4) is 0 Å². The second-order valence-electron chi connectivity index (χ2n) is 6.41. The number of rotatable bonds is 5. The van der Waals surface area contributed by atoms with Gasteiger partial charge in [0.2, 0.25) is 11.7 Å². The summed E-state index contributed by atoms with van der Waals surface area (Å²) in [4.78, 5) is 28.4. The molecule has 1 aromatic heterocycles. The highest BCUT2D eigenvalue weighted by molar-refractivity contribution is 5.95. The van der Waals surface area contributed by atoms with Crippen LogP contribution in [-0.4, -0.2) is 54.2 Å². The van der Waals surface area contributed by atoms with Gasteiger partial charge in [-0.1, -0.05) is 12.8 Å². The van der Waals surface area contributed by atoms with E-state index in [1.54, 1.807) is 12.1 Å². The van der Waals surface area contributed by atoms with Crippen molar-refractivity contribution in [2.75, 3.05) is 32.7 Å². The molecule has 3 rings (SSSR count). The van der Waals surface area contributed by atoms with Crippen molar-refractivity contribution in [3.63, 3.8) is 0 Å². The average Bonchev–Trinajstić information content (AvgIpc) is 3.21. The van der Waals surface area contributed by atoms with Gasteiger partial charge in [-0.2, -0.15) is 0 Å². The number of nitrogens with zero attached hydrogens (tertiary/aromatic N) is 2. The molecule has 0 unspecified atom stereocenters. The summed E-state index contributed by atoms with van der Waals surface area (Å²) in [6.45, 7) is 3.37. The van der Waals surface area contributed by atoms with Crippen LogP contribution in [0.15, 0.2) is 22.8 Å². The summed E-state index contributed by atoms with van der Waals surface area (Å²) >= 11 is 0. The molecule has 1 aromatic rings. The number of furan rings is 1. The van der Waals surface area contributed by atoms with Crippen LogP contribution in [0.4, 0.5) is 0 Å². The van der Waals surface area contributed by atoms with Crippen LogP contribution in [0.5, 0.6) is 0 Å². The lowest BCUT2D eigenvalue weighted by Gasteiger charge is -2.34. The van der Waals surface area contributed by atoms with Crippen LogP contribution in [0.2, 0.25) is 0 Å². The molecule has 0 atom stereocenters. The van der Waals surface area contributed by atoms with Crippen molar-refractivity contribution >= 4 is 11.7 Å². The molecule has 0 aromatic carbocycles. The van der Waals surface area contributed by atoms with E-state index in [0.717, 1.165) is 26.2 Å². The highest BCUT2D eigenvalue weighted by atomic mass is 16.3. The summed E-state index contributed by atoms with van der Waals surface area (Å²) < 4.78 is 5.13. The molecule has 2 aliphatic rings. The number of carbonyl (C=O) groups is 2. The number of carbonyl (C=O) groups excluding carboxylic acids is 2. The standard InChI is InChI=1S/C17H24N2O3/c20-15(16-6-3-11-22-16)13-18-7-9-19(10-8-18)17(21)12-14-4-1-2-5-14/h3,6,11,14H,1-2,4-5,7-10,12-13H2. The van der Waals surface area contributed by atoms with Crippen molar-refractivity contribution in [3.05, 3.63) is 24.2 Å². The molecule has 0 radical (unpaired) electrons. The highest BCUT2D eigenvalue weighted by Gasteiger charge is 2.26. The molecule has 1 amide bonds. The van der Waals surface area contributed by atoms with Gasteiger partial charge < -0.3 is 9.32 Å². The first-order valence-electron chi connectivity index (χ1n) is 8.29.